The van der Waals surface area contributed by atoms with Crippen LogP contribution >= 0.6 is 0 Å². The van der Waals surface area contributed by atoms with Crippen molar-refractivity contribution in [3.05, 3.63) is 54.0 Å². The molecule has 5 rings (SSSR count). The Labute approximate surface area is 180 Å². The first kappa shape index (κ1) is 19.9. The van der Waals surface area contributed by atoms with E-state index in [-0.39, 0.29) is 35.5 Å². The summed E-state index contributed by atoms with van der Waals surface area (Å²) in [4.78, 5) is 20.3. The van der Waals surface area contributed by atoms with Gasteiger partial charge in [0.1, 0.15) is 0 Å². The van der Waals surface area contributed by atoms with E-state index in [9.17, 15) is 9.18 Å². The van der Waals surface area contributed by atoms with Gasteiger partial charge in [-0.25, -0.2) is 9.37 Å². The monoisotopic (exact) mass is 422 g/mol. The highest BCUT2D eigenvalue weighted by Crippen LogP contribution is 2.44. The number of hydrogen-bond donors (Lipinski definition) is 4. The lowest BCUT2D eigenvalue weighted by atomic mass is 9.88. The number of carbonyl (C=O) groups excluding carboxylic acids is 1. The van der Waals surface area contributed by atoms with Gasteiger partial charge >= 0.3 is 0 Å². The molecule has 2 bridgehead atoms. The maximum absolute atomic E-state index is 14.4. The molecule has 2 fully saturated rings. The van der Waals surface area contributed by atoms with Gasteiger partial charge in [-0.05, 0) is 67.8 Å². The molecule has 1 unspecified atom stereocenters. The van der Waals surface area contributed by atoms with E-state index in [0.717, 1.165) is 44.2 Å². The van der Waals surface area contributed by atoms with E-state index in [0.29, 0.717) is 11.9 Å². The smallest absolute Gasteiger partial charge is 0.229 e. The number of nitrogens with two attached hydrogens (primary N) is 1. The summed E-state index contributed by atoms with van der Waals surface area (Å²) < 4.78 is 14.4. The first-order valence-corrected chi connectivity index (χ1v) is 10.9. The molecule has 1 aromatic carbocycles. The molecule has 8 heteroatoms. The van der Waals surface area contributed by atoms with Crippen LogP contribution in [0.3, 0.4) is 0 Å². The third kappa shape index (κ3) is 3.99. The van der Waals surface area contributed by atoms with Gasteiger partial charge in [0.15, 0.2) is 11.6 Å². The van der Waals surface area contributed by atoms with Crippen LogP contribution in [0.2, 0.25) is 0 Å². The van der Waals surface area contributed by atoms with Crippen molar-refractivity contribution in [3.8, 4) is 0 Å². The Morgan fingerprint density at radius 1 is 1.13 bits per heavy atom. The van der Waals surface area contributed by atoms with Crippen molar-refractivity contribution in [1.82, 2.24) is 15.3 Å². The van der Waals surface area contributed by atoms with E-state index >= 15 is 0 Å². The van der Waals surface area contributed by atoms with Crippen LogP contribution in [0.25, 0.3) is 0 Å². The van der Waals surface area contributed by atoms with Crippen LogP contribution in [0.15, 0.2) is 42.6 Å². The van der Waals surface area contributed by atoms with Crippen molar-refractivity contribution in [2.24, 2.45) is 23.5 Å². The molecule has 2 aliphatic carbocycles. The Hall–Kier alpha value is -3.00. The SMILES string of the molecule is NC(=O)[C@H]1C2C=C[C@@H](C2)[C@H]1Nc1nc(Nc2ccc(C3CCNCC3)cc2)ncc1F. The molecule has 0 radical (unpaired) electrons. The molecule has 5 N–H and O–H groups in total. The number of amides is 1. The van der Waals surface area contributed by atoms with Crippen LogP contribution in [0.1, 0.15) is 30.7 Å². The number of piperidine rings is 1. The summed E-state index contributed by atoms with van der Waals surface area (Å²) in [5.74, 6) is -0.0473. The zero-order chi connectivity index (χ0) is 21.4. The van der Waals surface area contributed by atoms with Crippen LogP contribution in [0.5, 0.6) is 0 Å². The molecule has 1 saturated carbocycles. The van der Waals surface area contributed by atoms with Crippen LogP contribution in [0, 0.1) is 23.6 Å². The van der Waals surface area contributed by atoms with Gasteiger partial charge in [-0.1, -0.05) is 24.3 Å². The third-order valence-corrected chi connectivity index (χ3v) is 6.81. The number of carbonyl (C=O) groups is 1. The number of allylic oxidation sites excluding steroid dienone is 1. The summed E-state index contributed by atoms with van der Waals surface area (Å²) in [6.45, 7) is 2.11. The third-order valence-electron chi connectivity index (χ3n) is 6.81. The standard InChI is InChI=1S/C23H27FN6O/c24-18-12-27-23(28-17-5-3-13(4-6-17)14-7-9-26-10-8-14)30-22(18)29-20-16-2-1-15(11-16)19(20)21(25)31/h1-6,12,14-16,19-20,26H,7-11H2,(H2,25,31)(H2,27,28,29,30)/t15?,16-,19-,20+/m0/s1. The van der Waals surface area contributed by atoms with E-state index in [2.05, 4.69) is 44.1 Å². The number of aromatic nitrogens is 2. The van der Waals surface area contributed by atoms with Gasteiger partial charge in [-0.15, -0.1) is 0 Å². The Morgan fingerprint density at radius 2 is 1.87 bits per heavy atom. The largest absolute Gasteiger partial charge is 0.369 e. The molecule has 162 valence electrons. The van der Waals surface area contributed by atoms with Crippen molar-refractivity contribution < 1.29 is 9.18 Å². The van der Waals surface area contributed by atoms with Crippen LogP contribution < -0.4 is 21.7 Å². The Balaban J connectivity index is 1.30. The van der Waals surface area contributed by atoms with Gasteiger partial charge in [0.25, 0.3) is 0 Å². The number of primary amides is 1. The molecule has 1 aromatic heterocycles. The average molecular weight is 423 g/mol. The molecule has 1 amide bonds. The van der Waals surface area contributed by atoms with Crippen molar-refractivity contribution in [2.75, 3.05) is 23.7 Å². The van der Waals surface area contributed by atoms with Gasteiger partial charge in [-0.3, -0.25) is 4.79 Å². The minimum absolute atomic E-state index is 0.0843. The van der Waals surface area contributed by atoms with Crippen LogP contribution in [0.4, 0.5) is 21.8 Å². The van der Waals surface area contributed by atoms with Crippen molar-refractivity contribution in [2.45, 2.75) is 31.2 Å². The molecule has 3 aliphatic rings. The number of nitrogens with one attached hydrogen (secondary N) is 3. The summed E-state index contributed by atoms with van der Waals surface area (Å²) in [6.07, 6.45) is 8.40. The van der Waals surface area contributed by atoms with E-state index in [1.165, 1.54) is 5.56 Å². The second kappa shape index (κ2) is 8.26. The van der Waals surface area contributed by atoms with Crippen LogP contribution in [-0.4, -0.2) is 35.0 Å². The zero-order valence-corrected chi connectivity index (χ0v) is 17.2. The van der Waals surface area contributed by atoms with E-state index < -0.39 is 5.82 Å². The Morgan fingerprint density at radius 3 is 2.61 bits per heavy atom. The Bertz CT molecular complexity index is 988. The van der Waals surface area contributed by atoms with Gasteiger partial charge in [0.2, 0.25) is 11.9 Å². The molecule has 2 heterocycles. The first-order valence-electron chi connectivity index (χ1n) is 10.9. The van der Waals surface area contributed by atoms with E-state index in [4.69, 9.17) is 5.73 Å². The quantitative estimate of drug-likeness (QED) is 0.534. The molecular formula is C23H27FN6O. The molecule has 4 atom stereocenters. The van der Waals surface area contributed by atoms with Crippen molar-refractivity contribution >= 4 is 23.4 Å². The predicted octanol–water partition coefficient (Wildman–Crippen LogP) is 2.91. The lowest BCUT2D eigenvalue weighted by molar-refractivity contribution is -0.122. The van der Waals surface area contributed by atoms with E-state index in [1.54, 1.807) is 0 Å². The second-order valence-corrected chi connectivity index (χ2v) is 8.71. The molecule has 7 nitrogen and oxygen atoms in total. The van der Waals surface area contributed by atoms with Crippen molar-refractivity contribution in [1.29, 1.82) is 0 Å². The van der Waals surface area contributed by atoms with Gasteiger partial charge < -0.3 is 21.7 Å². The lowest BCUT2D eigenvalue weighted by Gasteiger charge is -2.27. The molecule has 0 spiro atoms. The summed E-state index contributed by atoms with van der Waals surface area (Å²) >= 11 is 0. The molecule has 2 aromatic rings. The molecule has 1 aliphatic heterocycles. The lowest BCUT2D eigenvalue weighted by Crippen LogP contribution is -2.41. The number of rotatable bonds is 6. The highest BCUT2D eigenvalue weighted by molar-refractivity contribution is 5.79. The van der Waals surface area contributed by atoms with Crippen molar-refractivity contribution in [3.63, 3.8) is 0 Å². The maximum Gasteiger partial charge on any atom is 0.229 e. The predicted molar refractivity (Wildman–Crippen MR) is 117 cm³/mol. The van der Waals surface area contributed by atoms with Crippen LogP contribution in [-0.2, 0) is 4.79 Å². The van der Waals surface area contributed by atoms with Gasteiger partial charge in [0, 0.05) is 11.7 Å². The minimum Gasteiger partial charge on any atom is -0.369 e. The number of fused-ring (bicyclic) bond motifs is 2. The number of hydrogen-bond acceptors (Lipinski definition) is 6. The topological polar surface area (TPSA) is 105 Å². The fraction of sp³-hybridized carbons (Fsp3) is 0.435. The van der Waals surface area contributed by atoms with Gasteiger partial charge in [-0.2, -0.15) is 4.98 Å². The minimum atomic E-state index is -0.554. The normalized spacial score (nSPS) is 27.4. The highest BCUT2D eigenvalue weighted by atomic mass is 19.1. The summed E-state index contributed by atoms with van der Waals surface area (Å²) in [5.41, 5.74) is 7.78. The number of anilines is 3. The van der Waals surface area contributed by atoms with E-state index in [1.807, 2.05) is 18.2 Å². The number of halogens is 1. The molecule has 1 saturated heterocycles. The summed E-state index contributed by atoms with van der Waals surface area (Å²) in [5, 5.41) is 9.66. The molecule has 31 heavy (non-hydrogen) atoms. The zero-order valence-electron chi connectivity index (χ0n) is 17.2. The Kier molecular flexibility index (Phi) is 5.31. The molecular weight excluding hydrogens is 395 g/mol. The maximum atomic E-state index is 14.4. The highest BCUT2D eigenvalue weighted by Gasteiger charge is 2.47. The second-order valence-electron chi connectivity index (χ2n) is 8.71. The number of nitrogens with zero attached hydrogens (tertiary/aromatic N) is 2. The fourth-order valence-electron chi connectivity index (χ4n) is 5.22. The van der Waals surface area contributed by atoms with Gasteiger partial charge in [0.05, 0.1) is 12.1 Å². The summed E-state index contributed by atoms with van der Waals surface area (Å²) in [7, 11) is 0. The fourth-order valence-corrected chi connectivity index (χ4v) is 5.22. The number of benzene rings is 1. The average Bonchev–Trinajstić information content (AvgIpc) is 3.39. The first-order chi connectivity index (χ1) is 15.1. The summed E-state index contributed by atoms with van der Waals surface area (Å²) in [6, 6.07) is 8.00.